The van der Waals surface area contributed by atoms with Crippen molar-refractivity contribution in [1.29, 1.82) is 0 Å². The predicted molar refractivity (Wildman–Crippen MR) is 103 cm³/mol. The molecule has 1 saturated heterocycles. The quantitative estimate of drug-likeness (QED) is 0.253. The summed E-state index contributed by atoms with van der Waals surface area (Å²) in [6.07, 6.45) is -3.06. The summed E-state index contributed by atoms with van der Waals surface area (Å²) in [6, 6.07) is 1.11. The third-order valence-corrected chi connectivity index (χ3v) is 4.61. The van der Waals surface area contributed by atoms with Gasteiger partial charge in [-0.3, -0.25) is 10.1 Å². The van der Waals surface area contributed by atoms with Gasteiger partial charge in [0.25, 0.3) is 5.91 Å². The first-order chi connectivity index (χ1) is 14.2. The van der Waals surface area contributed by atoms with Crippen LogP contribution in [-0.4, -0.2) is 79.7 Å². The molecule has 1 fully saturated rings. The molecular formula is C18H27N3O10. The van der Waals surface area contributed by atoms with Gasteiger partial charge in [-0.2, -0.15) is 4.98 Å². The number of aliphatic hydroxyl groups excluding tert-OH is 2. The van der Waals surface area contributed by atoms with E-state index in [0.717, 1.165) is 19.2 Å². The second-order valence-corrected chi connectivity index (χ2v) is 8.15. The van der Waals surface area contributed by atoms with E-state index in [0.29, 0.717) is 4.57 Å². The fraction of sp³-hybridized carbons (Fsp3) is 0.667. The third kappa shape index (κ3) is 5.02. The Balaban J connectivity index is 2.01. The number of carbonyl (C=O) groups is 2. The van der Waals surface area contributed by atoms with Crippen LogP contribution in [0.2, 0.25) is 0 Å². The van der Waals surface area contributed by atoms with Gasteiger partial charge in [0.1, 0.15) is 31.2 Å². The summed E-state index contributed by atoms with van der Waals surface area (Å²) in [6.45, 7) is 4.93. The Hall–Kier alpha value is -2.58. The fourth-order valence-corrected chi connectivity index (χ4v) is 2.72. The number of aliphatic hydroxyl groups is 4. The zero-order valence-corrected chi connectivity index (χ0v) is 17.6. The van der Waals surface area contributed by atoms with Crippen LogP contribution in [0.1, 0.15) is 27.7 Å². The van der Waals surface area contributed by atoms with Crippen molar-refractivity contribution < 1.29 is 44.2 Å². The minimum absolute atomic E-state index is 0.160. The molecule has 0 unspecified atom stereocenters. The normalized spacial score (nSPS) is 28.3. The van der Waals surface area contributed by atoms with Crippen molar-refractivity contribution in [2.75, 3.05) is 25.1 Å². The molecule has 13 nitrogen and oxygen atoms in total. The molecule has 4 atom stereocenters. The summed E-state index contributed by atoms with van der Waals surface area (Å²) >= 11 is 0. The number of anilines is 1. The van der Waals surface area contributed by atoms with Crippen molar-refractivity contribution in [2.24, 2.45) is 5.41 Å². The van der Waals surface area contributed by atoms with Gasteiger partial charge in [0.2, 0.25) is 0 Å². The summed E-state index contributed by atoms with van der Waals surface area (Å²) in [5.74, 6) is -3.42. The lowest BCUT2D eigenvalue weighted by Crippen LogP contribution is -2.58. The molecule has 5 N–H and O–H groups in total. The van der Waals surface area contributed by atoms with Crippen LogP contribution >= 0.6 is 0 Å². The number of rotatable bonds is 6. The molecule has 0 aromatic carbocycles. The van der Waals surface area contributed by atoms with E-state index in [1.807, 2.05) is 0 Å². The van der Waals surface area contributed by atoms with Crippen LogP contribution in [0.15, 0.2) is 17.1 Å². The van der Waals surface area contributed by atoms with Crippen molar-refractivity contribution in [1.82, 2.24) is 9.55 Å². The number of nitrogens with zero attached hydrogens (tertiary/aromatic N) is 2. The maximum atomic E-state index is 12.3. The topological polar surface area (TPSA) is 190 Å². The molecule has 31 heavy (non-hydrogen) atoms. The molecular weight excluding hydrogens is 418 g/mol. The van der Waals surface area contributed by atoms with Gasteiger partial charge in [-0.15, -0.1) is 0 Å². The average molecular weight is 445 g/mol. The Labute approximate surface area is 177 Å². The predicted octanol–water partition coefficient (Wildman–Crippen LogP) is -1.51. The number of ether oxygens (including phenoxy) is 3. The molecule has 0 spiro atoms. The highest BCUT2D eigenvalue weighted by molar-refractivity contribution is 5.83. The molecule has 0 bridgehead atoms. The van der Waals surface area contributed by atoms with E-state index in [-0.39, 0.29) is 19.0 Å². The van der Waals surface area contributed by atoms with E-state index in [2.05, 4.69) is 10.3 Å². The summed E-state index contributed by atoms with van der Waals surface area (Å²) in [7, 11) is 0. The van der Waals surface area contributed by atoms with Gasteiger partial charge in [-0.25, -0.2) is 14.2 Å². The number of amides is 1. The lowest BCUT2D eigenvalue weighted by atomic mass is 9.94. The Morgan fingerprint density at radius 3 is 2.42 bits per heavy atom. The fourth-order valence-electron chi connectivity index (χ4n) is 2.72. The van der Waals surface area contributed by atoms with E-state index in [1.165, 1.54) is 0 Å². The monoisotopic (exact) mass is 445 g/mol. The SMILES string of the molecule is CC(C)(C)C(=O)OCCOC(=O)Nc1ccn([C@]2(O)O[C@H](CO)[C@@H](O)[C@@]2(C)O)c(=O)n1. The number of hydrogen-bond acceptors (Lipinski definition) is 11. The van der Waals surface area contributed by atoms with E-state index in [9.17, 15) is 34.8 Å². The van der Waals surface area contributed by atoms with Crippen LogP contribution in [0, 0.1) is 5.41 Å². The molecule has 0 radical (unpaired) electrons. The van der Waals surface area contributed by atoms with Crippen molar-refractivity contribution in [3.8, 4) is 0 Å². The van der Waals surface area contributed by atoms with Crippen LogP contribution in [0.5, 0.6) is 0 Å². The highest BCUT2D eigenvalue weighted by Gasteiger charge is 2.64. The number of aromatic nitrogens is 2. The van der Waals surface area contributed by atoms with Gasteiger partial charge in [-0.05, 0) is 33.8 Å². The van der Waals surface area contributed by atoms with Crippen LogP contribution in [0.3, 0.4) is 0 Å². The third-order valence-electron chi connectivity index (χ3n) is 4.61. The van der Waals surface area contributed by atoms with Gasteiger partial charge < -0.3 is 34.6 Å². The van der Waals surface area contributed by atoms with E-state index < -0.39 is 53.5 Å². The van der Waals surface area contributed by atoms with Crippen molar-refractivity contribution in [3.05, 3.63) is 22.7 Å². The van der Waals surface area contributed by atoms with E-state index >= 15 is 0 Å². The van der Waals surface area contributed by atoms with Gasteiger partial charge in [0.15, 0.2) is 5.60 Å². The van der Waals surface area contributed by atoms with Crippen LogP contribution in [0.4, 0.5) is 10.6 Å². The molecule has 1 aromatic heterocycles. The first-order valence-corrected chi connectivity index (χ1v) is 9.36. The number of esters is 1. The molecule has 2 heterocycles. The van der Waals surface area contributed by atoms with Crippen LogP contribution < -0.4 is 11.0 Å². The largest absolute Gasteiger partial charge is 0.462 e. The Kier molecular flexibility index (Phi) is 7.07. The van der Waals surface area contributed by atoms with Gasteiger partial charge in [0, 0.05) is 6.20 Å². The molecule has 1 aromatic rings. The smallest absolute Gasteiger partial charge is 0.412 e. The second-order valence-electron chi connectivity index (χ2n) is 8.15. The summed E-state index contributed by atoms with van der Waals surface area (Å²) in [5.41, 5.74) is -4.18. The molecule has 0 saturated carbocycles. The molecule has 13 heteroatoms. The summed E-state index contributed by atoms with van der Waals surface area (Å²) in [4.78, 5) is 39.3. The van der Waals surface area contributed by atoms with Crippen molar-refractivity contribution in [2.45, 2.75) is 51.4 Å². The first-order valence-electron chi connectivity index (χ1n) is 9.36. The van der Waals surface area contributed by atoms with Crippen molar-refractivity contribution >= 4 is 17.9 Å². The van der Waals surface area contributed by atoms with Crippen LogP contribution in [-0.2, 0) is 24.9 Å². The molecule has 0 aliphatic carbocycles. The van der Waals surface area contributed by atoms with Gasteiger partial charge in [0.05, 0.1) is 12.0 Å². The van der Waals surface area contributed by atoms with Crippen LogP contribution in [0.25, 0.3) is 0 Å². The summed E-state index contributed by atoms with van der Waals surface area (Å²) < 4.78 is 15.4. The lowest BCUT2D eigenvalue weighted by Gasteiger charge is -2.35. The molecule has 1 aliphatic rings. The maximum absolute atomic E-state index is 12.3. The van der Waals surface area contributed by atoms with Crippen molar-refractivity contribution in [3.63, 3.8) is 0 Å². The maximum Gasteiger partial charge on any atom is 0.412 e. The molecule has 1 aliphatic heterocycles. The first kappa shape index (κ1) is 24.7. The highest BCUT2D eigenvalue weighted by Crippen LogP contribution is 2.40. The lowest BCUT2D eigenvalue weighted by molar-refractivity contribution is -0.321. The molecule has 174 valence electrons. The average Bonchev–Trinajstić information content (AvgIpc) is 2.84. The Bertz CT molecular complexity index is 878. The van der Waals surface area contributed by atoms with E-state index in [1.54, 1.807) is 20.8 Å². The number of carbonyl (C=O) groups excluding carboxylic acids is 2. The number of nitrogens with one attached hydrogen (secondary N) is 1. The van der Waals surface area contributed by atoms with E-state index in [4.69, 9.17) is 14.2 Å². The minimum atomic E-state index is -2.72. The van der Waals surface area contributed by atoms with Gasteiger partial charge >= 0.3 is 17.8 Å². The second kappa shape index (κ2) is 8.88. The number of hydrogen-bond donors (Lipinski definition) is 5. The molecule has 2 rings (SSSR count). The zero-order valence-electron chi connectivity index (χ0n) is 17.6. The highest BCUT2D eigenvalue weighted by atomic mass is 16.7. The standard InChI is InChI=1S/C18H27N3O10/c1-16(2,3)13(24)29-7-8-30-15(26)20-11-5-6-21(14(25)19-11)18(28)17(4,27)12(23)10(9-22)31-18/h5-6,10,12,22-23,27-28H,7-9H2,1-4H3,(H,19,20,25,26)/t10-,12-,17-,18-/m1/s1. The minimum Gasteiger partial charge on any atom is -0.462 e. The molecule has 1 amide bonds. The van der Waals surface area contributed by atoms with Gasteiger partial charge in [-0.1, -0.05) is 0 Å². The Morgan fingerprint density at radius 1 is 1.29 bits per heavy atom. The zero-order chi connectivity index (χ0) is 23.6. The summed E-state index contributed by atoms with van der Waals surface area (Å²) in [5, 5.41) is 42.5. The Morgan fingerprint density at radius 2 is 1.90 bits per heavy atom.